The molecule has 0 radical (unpaired) electrons. The summed E-state index contributed by atoms with van der Waals surface area (Å²) in [6.07, 6.45) is 0. The SMILES string of the molecule is COc1ccc(OC)c(NCS)c1. The Hall–Kier alpha value is -1.03. The molecule has 0 aromatic heterocycles. The summed E-state index contributed by atoms with van der Waals surface area (Å²) in [5.41, 5.74) is 0.886. The van der Waals surface area contributed by atoms with E-state index in [1.54, 1.807) is 14.2 Å². The van der Waals surface area contributed by atoms with Gasteiger partial charge < -0.3 is 14.8 Å². The number of benzene rings is 1. The monoisotopic (exact) mass is 199 g/mol. The van der Waals surface area contributed by atoms with E-state index in [0.29, 0.717) is 5.88 Å². The first-order valence-corrected chi connectivity index (χ1v) is 4.52. The molecule has 0 unspecified atom stereocenters. The van der Waals surface area contributed by atoms with E-state index in [1.165, 1.54) is 0 Å². The van der Waals surface area contributed by atoms with E-state index in [4.69, 9.17) is 9.47 Å². The highest BCUT2D eigenvalue weighted by Crippen LogP contribution is 2.28. The van der Waals surface area contributed by atoms with Gasteiger partial charge in [-0.05, 0) is 12.1 Å². The van der Waals surface area contributed by atoms with E-state index in [-0.39, 0.29) is 0 Å². The van der Waals surface area contributed by atoms with Crippen molar-refractivity contribution in [2.45, 2.75) is 0 Å². The van der Waals surface area contributed by atoms with Crippen LogP contribution in [0.2, 0.25) is 0 Å². The molecular weight excluding hydrogens is 186 g/mol. The second kappa shape index (κ2) is 4.87. The molecule has 1 aromatic carbocycles. The number of hydrogen-bond donors (Lipinski definition) is 2. The molecule has 72 valence electrons. The average Bonchev–Trinajstić information content (AvgIpc) is 2.18. The average molecular weight is 199 g/mol. The third-order valence-corrected chi connectivity index (χ3v) is 1.83. The summed E-state index contributed by atoms with van der Waals surface area (Å²) in [5.74, 6) is 2.14. The van der Waals surface area contributed by atoms with Crippen LogP contribution in [0.25, 0.3) is 0 Å². The summed E-state index contributed by atoms with van der Waals surface area (Å²) in [6.45, 7) is 0. The molecule has 1 N–H and O–H groups in total. The van der Waals surface area contributed by atoms with Gasteiger partial charge in [-0.15, -0.1) is 0 Å². The molecule has 0 saturated carbocycles. The zero-order valence-electron chi connectivity index (χ0n) is 7.70. The molecule has 1 rings (SSSR count). The summed E-state index contributed by atoms with van der Waals surface area (Å²) < 4.78 is 10.2. The molecule has 4 heteroatoms. The molecular formula is C9H13NO2S. The van der Waals surface area contributed by atoms with Gasteiger partial charge in [0.1, 0.15) is 11.5 Å². The number of anilines is 1. The molecule has 0 spiro atoms. The molecule has 0 aliphatic carbocycles. The lowest BCUT2D eigenvalue weighted by Crippen LogP contribution is -1.98. The van der Waals surface area contributed by atoms with E-state index in [9.17, 15) is 0 Å². The number of thiol groups is 1. The van der Waals surface area contributed by atoms with Gasteiger partial charge in [-0.3, -0.25) is 0 Å². The van der Waals surface area contributed by atoms with Crippen LogP contribution in [0.15, 0.2) is 18.2 Å². The Morgan fingerprint density at radius 1 is 1.31 bits per heavy atom. The van der Waals surface area contributed by atoms with Crippen LogP contribution in [-0.4, -0.2) is 20.1 Å². The normalized spacial score (nSPS) is 9.46. The Morgan fingerprint density at radius 2 is 2.08 bits per heavy atom. The van der Waals surface area contributed by atoms with Crippen LogP contribution in [0.4, 0.5) is 5.69 Å². The molecule has 0 bridgehead atoms. The molecule has 0 atom stereocenters. The van der Waals surface area contributed by atoms with Crippen molar-refractivity contribution in [3.8, 4) is 11.5 Å². The smallest absolute Gasteiger partial charge is 0.142 e. The maximum Gasteiger partial charge on any atom is 0.142 e. The Balaban J connectivity index is 2.95. The third kappa shape index (κ3) is 2.45. The number of ether oxygens (including phenoxy) is 2. The minimum atomic E-state index is 0.559. The summed E-state index contributed by atoms with van der Waals surface area (Å²) in [7, 11) is 3.26. The fourth-order valence-corrected chi connectivity index (χ4v) is 1.21. The number of methoxy groups -OCH3 is 2. The first kappa shape index (κ1) is 10.1. The topological polar surface area (TPSA) is 30.5 Å². The zero-order valence-corrected chi connectivity index (χ0v) is 8.60. The van der Waals surface area contributed by atoms with Crippen LogP contribution >= 0.6 is 12.6 Å². The molecule has 0 saturated heterocycles. The van der Waals surface area contributed by atoms with Crippen LogP contribution in [-0.2, 0) is 0 Å². The van der Waals surface area contributed by atoms with Gasteiger partial charge in [0.15, 0.2) is 0 Å². The lowest BCUT2D eigenvalue weighted by atomic mass is 10.3. The molecule has 13 heavy (non-hydrogen) atoms. The maximum absolute atomic E-state index is 5.15. The number of nitrogens with one attached hydrogen (secondary N) is 1. The van der Waals surface area contributed by atoms with Crippen molar-refractivity contribution in [1.82, 2.24) is 0 Å². The lowest BCUT2D eigenvalue weighted by molar-refractivity contribution is 0.404. The number of hydrogen-bond acceptors (Lipinski definition) is 4. The van der Waals surface area contributed by atoms with Crippen molar-refractivity contribution in [2.75, 3.05) is 25.4 Å². The molecule has 0 amide bonds. The van der Waals surface area contributed by atoms with Crippen molar-refractivity contribution in [1.29, 1.82) is 0 Å². The highest BCUT2D eigenvalue weighted by molar-refractivity contribution is 7.80. The van der Waals surface area contributed by atoms with Crippen LogP contribution in [0.1, 0.15) is 0 Å². The van der Waals surface area contributed by atoms with Gasteiger partial charge in [0.2, 0.25) is 0 Å². The molecule has 0 aliphatic heterocycles. The van der Waals surface area contributed by atoms with E-state index in [0.717, 1.165) is 17.2 Å². The van der Waals surface area contributed by atoms with Crippen molar-refractivity contribution < 1.29 is 9.47 Å². The van der Waals surface area contributed by atoms with Crippen LogP contribution < -0.4 is 14.8 Å². The molecule has 0 aliphatic rings. The number of rotatable bonds is 4. The summed E-state index contributed by atoms with van der Waals surface area (Å²) in [5, 5.41) is 3.06. The zero-order chi connectivity index (χ0) is 9.68. The van der Waals surface area contributed by atoms with Gasteiger partial charge in [-0.25, -0.2) is 0 Å². The minimum Gasteiger partial charge on any atom is -0.497 e. The predicted octanol–water partition coefficient (Wildman–Crippen LogP) is 2.00. The van der Waals surface area contributed by atoms with Gasteiger partial charge >= 0.3 is 0 Å². The van der Waals surface area contributed by atoms with Gasteiger partial charge in [0.05, 0.1) is 25.8 Å². The quantitative estimate of drug-likeness (QED) is 0.574. The van der Waals surface area contributed by atoms with Gasteiger partial charge in [-0.2, -0.15) is 12.6 Å². The summed E-state index contributed by atoms with van der Waals surface area (Å²) in [4.78, 5) is 0. The highest BCUT2D eigenvalue weighted by atomic mass is 32.1. The van der Waals surface area contributed by atoms with Gasteiger partial charge in [0, 0.05) is 6.07 Å². The second-order valence-electron chi connectivity index (χ2n) is 2.40. The summed E-state index contributed by atoms with van der Waals surface area (Å²) in [6, 6.07) is 5.57. The first-order valence-electron chi connectivity index (χ1n) is 3.88. The molecule has 3 nitrogen and oxygen atoms in total. The van der Waals surface area contributed by atoms with Gasteiger partial charge in [0.25, 0.3) is 0 Å². The van der Waals surface area contributed by atoms with Crippen LogP contribution in [0.5, 0.6) is 11.5 Å². The highest BCUT2D eigenvalue weighted by Gasteiger charge is 2.02. The van der Waals surface area contributed by atoms with E-state index >= 15 is 0 Å². The Bertz CT molecular complexity index is 278. The third-order valence-electron chi connectivity index (χ3n) is 1.68. The van der Waals surface area contributed by atoms with Crippen molar-refractivity contribution >= 4 is 18.3 Å². The van der Waals surface area contributed by atoms with Crippen molar-refractivity contribution in [2.24, 2.45) is 0 Å². The largest absolute Gasteiger partial charge is 0.497 e. The minimum absolute atomic E-state index is 0.559. The van der Waals surface area contributed by atoms with Gasteiger partial charge in [-0.1, -0.05) is 0 Å². The fraction of sp³-hybridized carbons (Fsp3) is 0.333. The molecule has 0 heterocycles. The van der Waals surface area contributed by atoms with E-state index < -0.39 is 0 Å². The standard InChI is InChI=1S/C9H13NO2S/c1-11-7-3-4-9(12-2)8(5-7)10-6-13/h3-5,10,13H,6H2,1-2H3. The fourth-order valence-electron chi connectivity index (χ4n) is 1.04. The van der Waals surface area contributed by atoms with Crippen LogP contribution in [0, 0.1) is 0 Å². The maximum atomic E-state index is 5.15. The molecule has 0 fully saturated rings. The van der Waals surface area contributed by atoms with Crippen molar-refractivity contribution in [3.05, 3.63) is 18.2 Å². The Labute approximate surface area is 83.5 Å². The van der Waals surface area contributed by atoms with E-state index in [2.05, 4.69) is 17.9 Å². The summed E-state index contributed by atoms with van der Waals surface area (Å²) >= 11 is 4.07. The van der Waals surface area contributed by atoms with E-state index in [1.807, 2.05) is 18.2 Å². The van der Waals surface area contributed by atoms with Crippen LogP contribution in [0.3, 0.4) is 0 Å². The first-order chi connectivity index (χ1) is 6.31. The predicted molar refractivity (Wildman–Crippen MR) is 57.0 cm³/mol. The molecule has 1 aromatic rings. The lowest BCUT2D eigenvalue weighted by Gasteiger charge is -2.10. The second-order valence-corrected chi connectivity index (χ2v) is 2.72. The Morgan fingerprint density at radius 3 is 2.62 bits per heavy atom. The Kier molecular flexibility index (Phi) is 3.76. The van der Waals surface area contributed by atoms with Crippen molar-refractivity contribution in [3.63, 3.8) is 0 Å².